The molecule has 1 amide bonds. The average molecular weight is 383 g/mol. The van der Waals surface area contributed by atoms with Gasteiger partial charge in [-0.05, 0) is 43.7 Å². The SMILES string of the molecule is COc1cccc(Nc2cc(C(=O)Nc3cccc(Cl)c3C)nc(C)n2)c1. The normalized spacial score (nSPS) is 10.4. The van der Waals surface area contributed by atoms with Gasteiger partial charge < -0.3 is 15.4 Å². The van der Waals surface area contributed by atoms with Crippen molar-refractivity contribution in [3.8, 4) is 5.75 Å². The third-order valence-corrected chi connectivity index (χ3v) is 4.34. The molecule has 0 saturated carbocycles. The zero-order chi connectivity index (χ0) is 19.4. The van der Waals surface area contributed by atoms with Gasteiger partial charge in [-0.15, -0.1) is 0 Å². The van der Waals surface area contributed by atoms with E-state index in [2.05, 4.69) is 20.6 Å². The van der Waals surface area contributed by atoms with Crippen LogP contribution in [-0.4, -0.2) is 23.0 Å². The third-order valence-electron chi connectivity index (χ3n) is 3.93. The molecular formula is C20H19ClN4O2. The lowest BCUT2D eigenvalue weighted by Gasteiger charge is -2.11. The van der Waals surface area contributed by atoms with Crippen molar-refractivity contribution in [2.75, 3.05) is 17.7 Å². The van der Waals surface area contributed by atoms with Crippen LogP contribution in [-0.2, 0) is 0 Å². The minimum absolute atomic E-state index is 0.257. The summed E-state index contributed by atoms with van der Waals surface area (Å²) in [5.41, 5.74) is 2.50. The fourth-order valence-corrected chi connectivity index (χ4v) is 2.70. The van der Waals surface area contributed by atoms with E-state index in [1.807, 2.05) is 31.2 Å². The molecule has 0 atom stereocenters. The third kappa shape index (κ3) is 4.54. The fraction of sp³-hybridized carbons (Fsp3) is 0.150. The van der Waals surface area contributed by atoms with E-state index in [0.29, 0.717) is 22.4 Å². The van der Waals surface area contributed by atoms with E-state index in [1.165, 1.54) is 0 Å². The van der Waals surface area contributed by atoms with Crippen molar-refractivity contribution in [3.63, 3.8) is 0 Å². The molecule has 7 heteroatoms. The molecule has 0 radical (unpaired) electrons. The molecular weight excluding hydrogens is 364 g/mol. The number of benzene rings is 2. The van der Waals surface area contributed by atoms with Crippen LogP contribution in [0.2, 0.25) is 5.02 Å². The molecule has 0 aliphatic rings. The molecule has 1 aromatic heterocycles. The summed E-state index contributed by atoms with van der Waals surface area (Å²) in [4.78, 5) is 21.2. The summed E-state index contributed by atoms with van der Waals surface area (Å²) in [5, 5.41) is 6.60. The van der Waals surface area contributed by atoms with Gasteiger partial charge in [0, 0.05) is 28.5 Å². The smallest absolute Gasteiger partial charge is 0.274 e. The number of anilines is 3. The maximum absolute atomic E-state index is 12.6. The lowest BCUT2D eigenvalue weighted by molar-refractivity contribution is 0.102. The van der Waals surface area contributed by atoms with E-state index in [0.717, 1.165) is 17.0 Å². The zero-order valence-electron chi connectivity index (χ0n) is 15.2. The van der Waals surface area contributed by atoms with Crippen molar-refractivity contribution in [1.82, 2.24) is 9.97 Å². The van der Waals surface area contributed by atoms with Gasteiger partial charge >= 0.3 is 0 Å². The van der Waals surface area contributed by atoms with Gasteiger partial charge in [-0.1, -0.05) is 23.7 Å². The average Bonchev–Trinajstić information content (AvgIpc) is 2.65. The van der Waals surface area contributed by atoms with Gasteiger partial charge in [0.2, 0.25) is 0 Å². The first-order chi connectivity index (χ1) is 13.0. The molecule has 2 N–H and O–H groups in total. The van der Waals surface area contributed by atoms with Gasteiger partial charge in [-0.25, -0.2) is 9.97 Å². The van der Waals surface area contributed by atoms with Crippen molar-refractivity contribution in [3.05, 3.63) is 70.6 Å². The number of nitrogens with one attached hydrogen (secondary N) is 2. The molecule has 0 saturated heterocycles. The van der Waals surface area contributed by atoms with E-state index in [9.17, 15) is 4.79 Å². The standard InChI is InChI=1S/C20H19ClN4O2/c1-12-16(21)8-5-9-17(12)25-20(26)18-11-19(23-13(2)22-18)24-14-6-4-7-15(10-14)27-3/h4-11H,1-3H3,(H,25,26)(H,22,23,24). The van der Waals surface area contributed by atoms with Crippen molar-refractivity contribution < 1.29 is 9.53 Å². The first-order valence-corrected chi connectivity index (χ1v) is 8.67. The lowest BCUT2D eigenvalue weighted by Crippen LogP contribution is -2.16. The zero-order valence-corrected chi connectivity index (χ0v) is 16.0. The van der Waals surface area contributed by atoms with Crippen LogP contribution in [0.3, 0.4) is 0 Å². The minimum atomic E-state index is -0.334. The van der Waals surface area contributed by atoms with Gasteiger partial charge in [0.15, 0.2) is 0 Å². The predicted molar refractivity (Wildman–Crippen MR) is 107 cm³/mol. The Morgan fingerprint density at radius 3 is 2.63 bits per heavy atom. The highest BCUT2D eigenvalue weighted by Gasteiger charge is 2.13. The molecule has 1 heterocycles. The lowest BCUT2D eigenvalue weighted by atomic mass is 10.2. The molecule has 138 valence electrons. The largest absolute Gasteiger partial charge is 0.497 e. The minimum Gasteiger partial charge on any atom is -0.497 e. The van der Waals surface area contributed by atoms with Crippen molar-refractivity contribution in [1.29, 1.82) is 0 Å². The van der Waals surface area contributed by atoms with Gasteiger partial charge in [0.05, 0.1) is 7.11 Å². The van der Waals surface area contributed by atoms with Crippen LogP contribution in [0, 0.1) is 13.8 Å². The number of halogens is 1. The second-order valence-electron chi connectivity index (χ2n) is 5.91. The van der Waals surface area contributed by atoms with Crippen molar-refractivity contribution in [2.45, 2.75) is 13.8 Å². The van der Waals surface area contributed by atoms with Crippen LogP contribution < -0.4 is 15.4 Å². The van der Waals surface area contributed by atoms with Gasteiger partial charge in [-0.2, -0.15) is 0 Å². The Morgan fingerprint density at radius 2 is 1.85 bits per heavy atom. The van der Waals surface area contributed by atoms with E-state index < -0.39 is 0 Å². The topological polar surface area (TPSA) is 76.1 Å². The van der Waals surface area contributed by atoms with E-state index >= 15 is 0 Å². The van der Waals surface area contributed by atoms with Gasteiger partial charge in [-0.3, -0.25) is 4.79 Å². The Kier molecular flexibility index (Phi) is 5.57. The predicted octanol–water partition coefficient (Wildman–Crippen LogP) is 4.75. The summed E-state index contributed by atoms with van der Waals surface area (Å²) >= 11 is 6.11. The monoisotopic (exact) mass is 382 g/mol. The molecule has 0 fully saturated rings. The Balaban J connectivity index is 1.84. The number of rotatable bonds is 5. The molecule has 0 aliphatic carbocycles. The first-order valence-electron chi connectivity index (χ1n) is 8.29. The number of ether oxygens (including phenoxy) is 1. The molecule has 0 spiro atoms. The number of carbonyl (C=O) groups is 1. The molecule has 27 heavy (non-hydrogen) atoms. The van der Waals surface area contributed by atoms with Gasteiger partial charge in [0.1, 0.15) is 23.1 Å². The fourth-order valence-electron chi connectivity index (χ4n) is 2.53. The van der Waals surface area contributed by atoms with Crippen molar-refractivity contribution in [2.24, 2.45) is 0 Å². The highest BCUT2D eigenvalue weighted by molar-refractivity contribution is 6.31. The number of carbonyl (C=O) groups excluding carboxylic acids is 1. The van der Waals surface area contributed by atoms with Crippen molar-refractivity contribution >= 4 is 34.7 Å². The Labute approximate surface area is 162 Å². The highest BCUT2D eigenvalue weighted by Crippen LogP contribution is 2.24. The first kappa shape index (κ1) is 18.7. The van der Waals surface area contributed by atoms with Crippen LogP contribution >= 0.6 is 11.6 Å². The summed E-state index contributed by atoms with van der Waals surface area (Å²) < 4.78 is 5.22. The molecule has 2 aromatic carbocycles. The maximum Gasteiger partial charge on any atom is 0.274 e. The van der Waals surface area contributed by atoms with Crippen LogP contribution in [0.1, 0.15) is 21.9 Å². The quantitative estimate of drug-likeness (QED) is 0.665. The van der Waals surface area contributed by atoms with E-state index in [1.54, 1.807) is 38.3 Å². The van der Waals surface area contributed by atoms with Crippen LogP contribution in [0.4, 0.5) is 17.2 Å². The summed E-state index contributed by atoms with van der Waals surface area (Å²) in [6.45, 7) is 3.58. The molecule has 6 nitrogen and oxygen atoms in total. The number of methoxy groups -OCH3 is 1. The van der Waals surface area contributed by atoms with Gasteiger partial charge in [0.25, 0.3) is 5.91 Å². The van der Waals surface area contributed by atoms with E-state index in [4.69, 9.17) is 16.3 Å². The summed E-state index contributed by atoms with van der Waals surface area (Å²) in [6.07, 6.45) is 0. The second kappa shape index (κ2) is 8.05. The number of hydrogen-bond donors (Lipinski definition) is 2. The Hall–Kier alpha value is -3.12. The molecule has 3 rings (SSSR count). The Morgan fingerprint density at radius 1 is 1.07 bits per heavy atom. The number of hydrogen-bond acceptors (Lipinski definition) is 5. The van der Waals surface area contributed by atoms with Crippen LogP contribution in [0.25, 0.3) is 0 Å². The summed E-state index contributed by atoms with van der Waals surface area (Å²) in [7, 11) is 1.61. The highest BCUT2D eigenvalue weighted by atomic mass is 35.5. The summed E-state index contributed by atoms with van der Waals surface area (Å²) in [6, 6.07) is 14.4. The molecule has 0 unspecified atom stereocenters. The number of aryl methyl sites for hydroxylation is 1. The number of aromatic nitrogens is 2. The second-order valence-corrected chi connectivity index (χ2v) is 6.32. The van der Waals surface area contributed by atoms with Crippen LogP contribution in [0.15, 0.2) is 48.5 Å². The maximum atomic E-state index is 12.6. The Bertz CT molecular complexity index is 991. The number of amides is 1. The number of nitrogens with zero attached hydrogens (tertiary/aromatic N) is 2. The molecule has 3 aromatic rings. The molecule has 0 bridgehead atoms. The summed E-state index contributed by atoms with van der Waals surface area (Å²) in [5.74, 6) is 1.39. The molecule has 0 aliphatic heterocycles. The van der Waals surface area contributed by atoms with E-state index in [-0.39, 0.29) is 11.6 Å². The van der Waals surface area contributed by atoms with Crippen LogP contribution in [0.5, 0.6) is 5.75 Å².